The topological polar surface area (TPSA) is 26.3 Å². The molecule has 11 heavy (non-hydrogen) atoms. The van der Waals surface area contributed by atoms with Gasteiger partial charge in [-0.2, -0.15) is 0 Å². The van der Waals surface area contributed by atoms with E-state index in [-0.39, 0.29) is 0 Å². The van der Waals surface area contributed by atoms with Crippen molar-refractivity contribution in [2.24, 2.45) is 0 Å². The number of rotatable bonds is 3. The summed E-state index contributed by atoms with van der Waals surface area (Å²) in [6, 6.07) is 3.40. The van der Waals surface area contributed by atoms with Crippen LogP contribution >= 0.6 is 22.9 Å². The van der Waals surface area contributed by atoms with Gasteiger partial charge in [-0.1, -0.05) is 11.3 Å². The van der Waals surface area contributed by atoms with E-state index in [9.17, 15) is 4.79 Å². The summed E-state index contributed by atoms with van der Waals surface area (Å²) in [7, 11) is 0. The van der Waals surface area contributed by atoms with Crippen molar-refractivity contribution in [1.82, 2.24) is 0 Å². The Morgan fingerprint density at radius 1 is 1.73 bits per heavy atom. The minimum absolute atomic E-state index is 0.430. The van der Waals surface area contributed by atoms with Crippen molar-refractivity contribution in [1.29, 1.82) is 0 Å². The van der Waals surface area contributed by atoms with E-state index in [1.807, 2.05) is 6.92 Å². The zero-order valence-electron chi connectivity index (χ0n) is 5.96. The molecule has 0 saturated heterocycles. The Morgan fingerprint density at radius 2 is 2.45 bits per heavy atom. The Labute approximate surface area is 73.7 Å². The SMILES string of the molecule is CCOc1ccc(C(=O)Cl)s1. The molecule has 1 aromatic rings. The third-order valence-corrected chi connectivity index (χ3v) is 2.37. The fourth-order valence-corrected chi connectivity index (χ4v) is 1.57. The molecule has 0 radical (unpaired) electrons. The summed E-state index contributed by atoms with van der Waals surface area (Å²) < 4.78 is 5.14. The lowest BCUT2D eigenvalue weighted by molar-refractivity contribution is 0.108. The zero-order valence-corrected chi connectivity index (χ0v) is 7.54. The van der Waals surface area contributed by atoms with Gasteiger partial charge >= 0.3 is 0 Å². The van der Waals surface area contributed by atoms with Gasteiger partial charge in [-0.05, 0) is 30.7 Å². The smallest absolute Gasteiger partial charge is 0.262 e. The van der Waals surface area contributed by atoms with Crippen LogP contribution in [0.25, 0.3) is 0 Å². The predicted molar refractivity (Wildman–Crippen MR) is 45.7 cm³/mol. The number of ether oxygens (including phenoxy) is 1. The highest BCUT2D eigenvalue weighted by molar-refractivity contribution is 7.17. The van der Waals surface area contributed by atoms with Crippen molar-refractivity contribution >= 4 is 28.2 Å². The molecule has 0 aromatic carbocycles. The molecule has 0 N–H and O–H groups in total. The second kappa shape index (κ2) is 3.74. The molecule has 0 bridgehead atoms. The van der Waals surface area contributed by atoms with Gasteiger partial charge in [0.15, 0.2) is 5.06 Å². The van der Waals surface area contributed by atoms with Crippen LogP contribution in [0.4, 0.5) is 0 Å². The van der Waals surface area contributed by atoms with Gasteiger partial charge in [0, 0.05) is 0 Å². The van der Waals surface area contributed by atoms with E-state index in [0.717, 1.165) is 5.06 Å². The Hall–Kier alpha value is -0.540. The molecule has 0 aliphatic heterocycles. The lowest BCUT2D eigenvalue weighted by Gasteiger charge is -1.94. The largest absolute Gasteiger partial charge is 0.484 e. The van der Waals surface area contributed by atoms with Crippen LogP contribution in [-0.4, -0.2) is 11.8 Å². The minimum atomic E-state index is -0.430. The first-order valence-electron chi connectivity index (χ1n) is 3.16. The van der Waals surface area contributed by atoms with Gasteiger partial charge in [0.2, 0.25) is 0 Å². The number of thiophene rings is 1. The van der Waals surface area contributed by atoms with E-state index in [1.54, 1.807) is 12.1 Å². The van der Waals surface area contributed by atoms with Gasteiger partial charge in [0.1, 0.15) is 0 Å². The van der Waals surface area contributed by atoms with Crippen molar-refractivity contribution in [2.45, 2.75) is 6.92 Å². The Bertz CT molecular complexity index is 257. The second-order valence-corrected chi connectivity index (χ2v) is 3.22. The summed E-state index contributed by atoms with van der Waals surface area (Å²) in [5.41, 5.74) is 0. The van der Waals surface area contributed by atoms with Crippen molar-refractivity contribution < 1.29 is 9.53 Å². The number of carbonyl (C=O) groups is 1. The summed E-state index contributed by atoms with van der Waals surface area (Å²) >= 11 is 6.49. The first-order chi connectivity index (χ1) is 5.24. The van der Waals surface area contributed by atoms with Crippen LogP contribution in [0.15, 0.2) is 12.1 Å². The van der Waals surface area contributed by atoms with Gasteiger partial charge in [0.05, 0.1) is 11.5 Å². The quantitative estimate of drug-likeness (QED) is 0.685. The van der Waals surface area contributed by atoms with E-state index in [4.69, 9.17) is 16.3 Å². The monoisotopic (exact) mass is 190 g/mol. The maximum atomic E-state index is 10.6. The predicted octanol–water partition coefficient (Wildman–Crippen LogP) is 2.53. The van der Waals surface area contributed by atoms with Crippen LogP contribution in [0.3, 0.4) is 0 Å². The van der Waals surface area contributed by atoms with Crippen LogP contribution in [0.1, 0.15) is 16.6 Å². The standard InChI is InChI=1S/C7H7ClO2S/c1-2-10-6-4-3-5(11-6)7(8)9/h3-4H,2H2,1H3. The van der Waals surface area contributed by atoms with Crippen molar-refractivity contribution in [3.8, 4) is 5.06 Å². The van der Waals surface area contributed by atoms with Crippen molar-refractivity contribution in [3.05, 3.63) is 17.0 Å². The normalized spacial score (nSPS) is 9.64. The molecule has 0 spiro atoms. The van der Waals surface area contributed by atoms with Crippen LogP contribution in [0, 0.1) is 0 Å². The average Bonchev–Trinajstić information content (AvgIpc) is 2.37. The molecule has 0 fully saturated rings. The van der Waals surface area contributed by atoms with Gasteiger partial charge in [-0.15, -0.1) is 0 Å². The molecular formula is C7H7ClO2S. The van der Waals surface area contributed by atoms with E-state index in [0.29, 0.717) is 11.5 Å². The molecule has 0 amide bonds. The third-order valence-electron chi connectivity index (χ3n) is 1.06. The molecule has 1 aromatic heterocycles. The molecule has 60 valence electrons. The summed E-state index contributed by atoms with van der Waals surface area (Å²) in [6.07, 6.45) is 0. The first-order valence-corrected chi connectivity index (χ1v) is 4.36. The zero-order chi connectivity index (χ0) is 8.27. The first kappa shape index (κ1) is 8.56. The summed E-state index contributed by atoms with van der Waals surface area (Å²) in [6.45, 7) is 2.50. The second-order valence-electron chi connectivity index (χ2n) is 1.83. The van der Waals surface area contributed by atoms with Gasteiger partial charge < -0.3 is 4.74 Å². The minimum Gasteiger partial charge on any atom is -0.484 e. The molecule has 1 heterocycles. The van der Waals surface area contributed by atoms with Crippen LogP contribution in [-0.2, 0) is 0 Å². The lowest BCUT2D eigenvalue weighted by atomic mass is 10.5. The molecule has 0 atom stereocenters. The molecule has 1 rings (SSSR count). The van der Waals surface area contributed by atoms with Crippen LogP contribution < -0.4 is 4.74 Å². The van der Waals surface area contributed by atoms with Crippen LogP contribution in [0.2, 0.25) is 0 Å². The Balaban J connectivity index is 2.73. The third kappa shape index (κ3) is 2.20. The number of hydrogen-bond acceptors (Lipinski definition) is 3. The van der Waals surface area contributed by atoms with Gasteiger partial charge in [-0.3, -0.25) is 4.79 Å². The molecule has 0 saturated carbocycles. The fourth-order valence-electron chi connectivity index (χ4n) is 0.646. The van der Waals surface area contributed by atoms with Gasteiger partial charge in [0.25, 0.3) is 5.24 Å². The maximum Gasteiger partial charge on any atom is 0.262 e. The molecule has 2 nitrogen and oxygen atoms in total. The number of carbonyl (C=O) groups excluding carboxylic acids is 1. The summed E-state index contributed by atoms with van der Waals surface area (Å²) in [4.78, 5) is 11.1. The Morgan fingerprint density at radius 3 is 2.91 bits per heavy atom. The molecule has 0 aliphatic carbocycles. The summed E-state index contributed by atoms with van der Waals surface area (Å²) in [5.74, 6) is 0. The van der Waals surface area contributed by atoms with E-state index < -0.39 is 5.24 Å². The van der Waals surface area contributed by atoms with E-state index in [1.165, 1.54) is 11.3 Å². The molecular weight excluding hydrogens is 184 g/mol. The highest BCUT2D eigenvalue weighted by atomic mass is 35.5. The average molecular weight is 191 g/mol. The summed E-state index contributed by atoms with van der Waals surface area (Å²) in [5, 5.41) is 0.303. The Kier molecular flexibility index (Phi) is 2.91. The number of hydrogen-bond donors (Lipinski definition) is 0. The molecule has 0 aliphatic rings. The van der Waals surface area contributed by atoms with E-state index in [2.05, 4.69) is 0 Å². The van der Waals surface area contributed by atoms with Crippen molar-refractivity contribution in [2.75, 3.05) is 6.61 Å². The fraction of sp³-hybridized carbons (Fsp3) is 0.286. The van der Waals surface area contributed by atoms with E-state index >= 15 is 0 Å². The molecule has 4 heteroatoms. The number of halogens is 1. The highest BCUT2D eigenvalue weighted by Gasteiger charge is 2.05. The van der Waals surface area contributed by atoms with Crippen molar-refractivity contribution in [3.63, 3.8) is 0 Å². The lowest BCUT2D eigenvalue weighted by Crippen LogP contribution is -1.86. The molecule has 0 unspecified atom stereocenters. The highest BCUT2D eigenvalue weighted by Crippen LogP contribution is 2.25. The van der Waals surface area contributed by atoms with Crippen LogP contribution in [0.5, 0.6) is 5.06 Å². The van der Waals surface area contributed by atoms with Gasteiger partial charge in [-0.25, -0.2) is 0 Å². The maximum absolute atomic E-state index is 10.6.